The first kappa shape index (κ1) is 8.92. The van der Waals surface area contributed by atoms with Crippen molar-refractivity contribution in [2.24, 2.45) is 0 Å². The summed E-state index contributed by atoms with van der Waals surface area (Å²) in [6.45, 7) is 4.12. The fourth-order valence-corrected chi connectivity index (χ4v) is 2.32. The molecular formula is C12H14N2O. The minimum Gasteiger partial charge on any atom is -0.356 e. The van der Waals surface area contributed by atoms with E-state index in [2.05, 4.69) is 29.2 Å². The van der Waals surface area contributed by atoms with E-state index >= 15 is 0 Å². The Morgan fingerprint density at radius 1 is 1.40 bits per heavy atom. The molecule has 2 aromatic rings. The van der Waals surface area contributed by atoms with Crippen molar-refractivity contribution in [1.82, 2.24) is 10.1 Å². The molecule has 0 unspecified atom stereocenters. The van der Waals surface area contributed by atoms with Crippen molar-refractivity contribution in [1.29, 1.82) is 0 Å². The maximum Gasteiger partial charge on any atom is 0.170 e. The Balaban J connectivity index is 2.26. The van der Waals surface area contributed by atoms with E-state index in [4.69, 9.17) is 4.52 Å². The van der Waals surface area contributed by atoms with Gasteiger partial charge in [0.2, 0.25) is 0 Å². The number of fused-ring (bicyclic) bond motifs is 3. The van der Waals surface area contributed by atoms with Gasteiger partial charge in [0.15, 0.2) is 5.58 Å². The van der Waals surface area contributed by atoms with Crippen LogP contribution in [0.5, 0.6) is 0 Å². The first-order valence-electron chi connectivity index (χ1n) is 5.31. The normalized spacial score (nSPS) is 16.9. The van der Waals surface area contributed by atoms with Crippen LogP contribution < -0.4 is 0 Å². The molecule has 0 bridgehead atoms. The summed E-state index contributed by atoms with van der Waals surface area (Å²) in [5.41, 5.74) is 4.73. The summed E-state index contributed by atoms with van der Waals surface area (Å²) < 4.78 is 5.41. The number of likely N-dealkylation sites (N-methyl/N-ethyl adjacent to an activating group) is 1. The zero-order valence-electron chi connectivity index (χ0n) is 9.08. The quantitative estimate of drug-likeness (QED) is 0.655. The summed E-state index contributed by atoms with van der Waals surface area (Å²) in [5.74, 6) is 0. The lowest BCUT2D eigenvalue weighted by molar-refractivity contribution is 0.312. The largest absolute Gasteiger partial charge is 0.356 e. The van der Waals surface area contributed by atoms with Crippen molar-refractivity contribution < 1.29 is 4.52 Å². The molecule has 0 atom stereocenters. The molecule has 0 spiro atoms. The molecule has 3 heteroatoms. The van der Waals surface area contributed by atoms with Gasteiger partial charge in [0, 0.05) is 24.0 Å². The third kappa shape index (κ3) is 1.27. The second-order valence-corrected chi connectivity index (χ2v) is 4.34. The molecule has 0 radical (unpaired) electrons. The van der Waals surface area contributed by atoms with Gasteiger partial charge in [0.05, 0.1) is 5.69 Å². The van der Waals surface area contributed by atoms with Gasteiger partial charge in [-0.2, -0.15) is 0 Å². The van der Waals surface area contributed by atoms with Crippen LogP contribution in [0.1, 0.15) is 16.8 Å². The summed E-state index contributed by atoms with van der Waals surface area (Å²) in [6.07, 6.45) is 1.07. The molecule has 0 saturated carbocycles. The van der Waals surface area contributed by atoms with Crippen molar-refractivity contribution in [3.63, 3.8) is 0 Å². The fraction of sp³-hybridized carbons (Fsp3) is 0.417. The second-order valence-electron chi connectivity index (χ2n) is 4.34. The topological polar surface area (TPSA) is 29.3 Å². The molecule has 1 aliphatic heterocycles. The molecular weight excluding hydrogens is 188 g/mol. The molecule has 0 amide bonds. The van der Waals surface area contributed by atoms with Gasteiger partial charge < -0.3 is 9.42 Å². The Morgan fingerprint density at radius 3 is 3.13 bits per heavy atom. The zero-order valence-corrected chi connectivity index (χ0v) is 9.08. The van der Waals surface area contributed by atoms with E-state index in [0.29, 0.717) is 0 Å². The number of rotatable bonds is 0. The second kappa shape index (κ2) is 3.07. The average Bonchev–Trinajstić information content (AvgIpc) is 2.60. The summed E-state index contributed by atoms with van der Waals surface area (Å²) in [5, 5.41) is 5.20. The standard InChI is InChI=1S/C12H14N2O/c1-8-10-4-3-9-7-14(2)6-5-11(9)12(10)15-13-8/h3-4H,5-7H2,1-2H3. The third-order valence-corrected chi connectivity index (χ3v) is 3.20. The van der Waals surface area contributed by atoms with Crippen LogP contribution in [-0.2, 0) is 13.0 Å². The maximum absolute atomic E-state index is 5.41. The summed E-state index contributed by atoms with van der Waals surface area (Å²) in [7, 11) is 2.15. The van der Waals surface area contributed by atoms with Crippen LogP contribution in [-0.4, -0.2) is 23.6 Å². The van der Waals surface area contributed by atoms with Gasteiger partial charge >= 0.3 is 0 Å². The lowest BCUT2D eigenvalue weighted by Crippen LogP contribution is -2.26. The van der Waals surface area contributed by atoms with Crippen LogP contribution in [0.25, 0.3) is 11.0 Å². The minimum atomic E-state index is 0.992. The summed E-state index contributed by atoms with van der Waals surface area (Å²) >= 11 is 0. The SMILES string of the molecule is Cc1noc2c3c(ccc12)CN(C)CC3. The van der Waals surface area contributed by atoms with Crippen LogP contribution >= 0.6 is 0 Å². The van der Waals surface area contributed by atoms with Crippen LogP contribution in [0.2, 0.25) is 0 Å². The highest BCUT2D eigenvalue weighted by Gasteiger charge is 2.18. The number of benzene rings is 1. The van der Waals surface area contributed by atoms with E-state index in [1.54, 1.807) is 0 Å². The van der Waals surface area contributed by atoms with E-state index in [0.717, 1.165) is 30.8 Å². The molecule has 3 rings (SSSR count). The number of hydrogen-bond donors (Lipinski definition) is 0. The van der Waals surface area contributed by atoms with Crippen molar-refractivity contribution in [2.75, 3.05) is 13.6 Å². The molecule has 0 N–H and O–H groups in total. The lowest BCUT2D eigenvalue weighted by atomic mass is 9.97. The van der Waals surface area contributed by atoms with Gasteiger partial charge in [-0.25, -0.2) is 0 Å². The lowest BCUT2D eigenvalue weighted by Gasteiger charge is -2.24. The van der Waals surface area contributed by atoms with E-state index in [9.17, 15) is 0 Å². The first-order valence-corrected chi connectivity index (χ1v) is 5.31. The predicted octanol–water partition coefficient (Wildman–Crippen LogP) is 2.12. The van der Waals surface area contributed by atoms with Gasteiger partial charge in [-0.05, 0) is 32.0 Å². The van der Waals surface area contributed by atoms with Gasteiger partial charge in [0.25, 0.3) is 0 Å². The van der Waals surface area contributed by atoms with Crippen molar-refractivity contribution in [3.05, 3.63) is 29.0 Å². The maximum atomic E-state index is 5.41. The molecule has 1 aromatic carbocycles. The smallest absolute Gasteiger partial charge is 0.170 e. The highest BCUT2D eigenvalue weighted by Crippen LogP contribution is 2.28. The van der Waals surface area contributed by atoms with E-state index in [1.807, 2.05) is 6.92 Å². The third-order valence-electron chi connectivity index (χ3n) is 3.20. The first-order chi connectivity index (χ1) is 7.25. The van der Waals surface area contributed by atoms with Gasteiger partial charge in [-0.3, -0.25) is 0 Å². The Hall–Kier alpha value is -1.35. The predicted molar refractivity (Wildman–Crippen MR) is 58.8 cm³/mol. The molecule has 0 saturated heterocycles. The molecule has 2 heterocycles. The molecule has 15 heavy (non-hydrogen) atoms. The molecule has 0 fully saturated rings. The minimum absolute atomic E-state index is 0.992. The Kier molecular flexibility index (Phi) is 1.83. The van der Waals surface area contributed by atoms with E-state index in [-0.39, 0.29) is 0 Å². The Bertz CT molecular complexity index is 516. The summed E-state index contributed by atoms with van der Waals surface area (Å²) in [4.78, 5) is 2.33. The van der Waals surface area contributed by atoms with Crippen molar-refractivity contribution >= 4 is 11.0 Å². The highest BCUT2D eigenvalue weighted by atomic mass is 16.5. The molecule has 1 aliphatic rings. The Morgan fingerprint density at radius 2 is 2.27 bits per heavy atom. The van der Waals surface area contributed by atoms with Crippen LogP contribution in [0, 0.1) is 6.92 Å². The van der Waals surface area contributed by atoms with Crippen LogP contribution in [0.15, 0.2) is 16.7 Å². The monoisotopic (exact) mass is 202 g/mol. The Labute approximate surface area is 88.7 Å². The van der Waals surface area contributed by atoms with Crippen LogP contribution in [0.4, 0.5) is 0 Å². The number of aryl methyl sites for hydroxylation is 1. The van der Waals surface area contributed by atoms with Crippen molar-refractivity contribution in [2.45, 2.75) is 19.9 Å². The molecule has 0 aliphatic carbocycles. The van der Waals surface area contributed by atoms with E-state index in [1.165, 1.54) is 16.5 Å². The highest BCUT2D eigenvalue weighted by molar-refractivity contribution is 5.83. The average molecular weight is 202 g/mol. The van der Waals surface area contributed by atoms with Crippen LogP contribution in [0.3, 0.4) is 0 Å². The van der Waals surface area contributed by atoms with Crippen molar-refractivity contribution in [3.8, 4) is 0 Å². The summed E-state index contributed by atoms with van der Waals surface area (Å²) in [6, 6.07) is 4.33. The molecule has 1 aromatic heterocycles. The number of aromatic nitrogens is 1. The number of nitrogens with zero attached hydrogens (tertiary/aromatic N) is 2. The zero-order chi connectivity index (χ0) is 10.4. The number of hydrogen-bond acceptors (Lipinski definition) is 3. The molecule has 78 valence electrons. The van der Waals surface area contributed by atoms with Gasteiger partial charge in [-0.15, -0.1) is 0 Å². The molecule has 3 nitrogen and oxygen atoms in total. The van der Waals surface area contributed by atoms with Gasteiger partial charge in [0.1, 0.15) is 0 Å². The fourth-order valence-electron chi connectivity index (χ4n) is 2.32. The van der Waals surface area contributed by atoms with E-state index < -0.39 is 0 Å². The van der Waals surface area contributed by atoms with Gasteiger partial charge in [-0.1, -0.05) is 11.2 Å².